The number of anilines is 1. The molecule has 1 aromatic carbocycles. The lowest BCUT2D eigenvalue weighted by molar-refractivity contribution is -0.143. The molecule has 0 aromatic heterocycles. The van der Waals surface area contributed by atoms with Crippen LogP contribution in [0.2, 0.25) is 0 Å². The second kappa shape index (κ2) is 6.31. The number of amides is 1. The SMILES string of the molecule is CC(=O)OCCC12CCCN3CCC4(c5ccccc5N(C(C)=O)C4CC1)C32. The van der Waals surface area contributed by atoms with Gasteiger partial charge in [-0.25, -0.2) is 0 Å². The number of carbonyl (C=O) groups is 2. The average molecular weight is 383 g/mol. The summed E-state index contributed by atoms with van der Waals surface area (Å²) in [5.41, 5.74) is 2.71. The van der Waals surface area contributed by atoms with Crippen molar-refractivity contribution < 1.29 is 14.3 Å². The molecule has 28 heavy (non-hydrogen) atoms. The molecule has 3 fully saturated rings. The van der Waals surface area contributed by atoms with Gasteiger partial charge in [-0.2, -0.15) is 0 Å². The van der Waals surface area contributed by atoms with Crippen molar-refractivity contribution in [3.05, 3.63) is 29.8 Å². The number of nitrogens with zero attached hydrogens (tertiary/aromatic N) is 2. The van der Waals surface area contributed by atoms with Gasteiger partial charge in [-0.3, -0.25) is 14.5 Å². The van der Waals surface area contributed by atoms with E-state index >= 15 is 0 Å². The van der Waals surface area contributed by atoms with Gasteiger partial charge in [0.05, 0.1) is 6.61 Å². The van der Waals surface area contributed by atoms with E-state index in [1.165, 1.54) is 25.3 Å². The van der Waals surface area contributed by atoms with E-state index in [1.54, 1.807) is 6.92 Å². The highest BCUT2D eigenvalue weighted by Gasteiger charge is 2.68. The highest BCUT2D eigenvalue weighted by atomic mass is 16.5. The number of fused-ring (bicyclic) bond motifs is 1. The maximum Gasteiger partial charge on any atom is 0.302 e. The number of rotatable bonds is 3. The summed E-state index contributed by atoms with van der Waals surface area (Å²) in [6.45, 7) is 5.98. The van der Waals surface area contributed by atoms with Gasteiger partial charge in [-0.1, -0.05) is 18.2 Å². The Morgan fingerprint density at radius 3 is 2.75 bits per heavy atom. The molecule has 4 atom stereocenters. The minimum Gasteiger partial charge on any atom is -0.466 e. The van der Waals surface area contributed by atoms with Crippen molar-refractivity contribution in [3.8, 4) is 0 Å². The molecule has 1 aliphatic carbocycles. The van der Waals surface area contributed by atoms with Crippen LogP contribution in [0.5, 0.6) is 0 Å². The van der Waals surface area contributed by atoms with E-state index in [2.05, 4.69) is 34.1 Å². The fraction of sp³-hybridized carbons (Fsp3) is 0.652. The highest BCUT2D eigenvalue weighted by molar-refractivity contribution is 5.96. The normalized spacial score (nSPS) is 35.9. The van der Waals surface area contributed by atoms with Crippen LogP contribution in [0.15, 0.2) is 24.3 Å². The average Bonchev–Trinajstić information content (AvgIpc) is 3.20. The third-order valence-corrected chi connectivity index (χ3v) is 8.10. The highest BCUT2D eigenvalue weighted by Crippen LogP contribution is 2.65. The van der Waals surface area contributed by atoms with Gasteiger partial charge in [0.2, 0.25) is 5.91 Å². The van der Waals surface area contributed by atoms with Crippen molar-refractivity contribution in [2.75, 3.05) is 24.6 Å². The zero-order chi connectivity index (χ0) is 19.5. The molecular weight excluding hydrogens is 352 g/mol. The number of esters is 1. The van der Waals surface area contributed by atoms with Gasteiger partial charge in [-0.05, 0) is 68.7 Å². The molecule has 3 heterocycles. The molecule has 3 aliphatic heterocycles. The molecule has 5 heteroatoms. The van der Waals surface area contributed by atoms with E-state index in [9.17, 15) is 9.59 Å². The van der Waals surface area contributed by atoms with E-state index in [0.717, 1.165) is 44.5 Å². The van der Waals surface area contributed by atoms with Crippen molar-refractivity contribution in [3.63, 3.8) is 0 Å². The molecule has 1 amide bonds. The van der Waals surface area contributed by atoms with Crippen LogP contribution in [0.1, 0.15) is 57.9 Å². The third kappa shape index (κ3) is 2.28. The Morgan fingerprint density at radius 1 is 1.14 bits per heavy atom. The maximum absolute atomic E-state index is 12.7. The van der Waals surface area contributed by atoms with E-state index in [0.29, 0.717) is 12.6 Å². The number of carbonyl (C=O) groups excluding carboxylic acids is 2. The number of para-hydroxylation sites is 1. The summed E-state index contributed by atoms with van der Waals surface area (Å²) >= 11 is 0. The predicted molar refractivity (Wildman–Crippen MR) is 107 cm³/mol. The van der Waals surface area contributed by atoms with Crippen molar-refractivity contribution in [1.82, 2.24) is 4.90 Å². The Hall–Kier alpha value is -1.88. The zero-order valence-electron chi connectivity index (χ0n) is 16.9. The summed E-state index contributed by atoms with van der Waals surface area (Å²) in [6.07, 6.45) is 6.63. The van der Waals surface area contributed by atoms with E-state index in [4.69, 9.17) is 4.74 Å². The third-order valence-electron chi connectivity index (χ3n) is 8.10. The molecule has 1 aromatic rings. The van der Waals surface area contributed by atoms with Crippen molar-refractivity contribution in [1.29, 1.82) is 0 Å². The van der Waals surface area contributed by atoms with Gasteiger partial charge >= 0.3 is 5.97 Å². The fourth-order valence-electron chi connectivity index (χ4n) is 7.40. The lowest BCUT2D eigenvalue weighted by atomic mass is 9.52. The Balaban J connectivity index is 1.61. The Labute approximate surface area is 167 Å². The van der Waals surface area contributed by atoms with Crippen LogP contribution in [0, 0.1) is 5.41 Å². The summed E-state index contributed by atoms with van der Waals surface area (Å²) in [5.74, 6) is -0.0242. The molecule has 0 N–H and O–H groups in total. The maximum atomic E-state index is 12.7. The van der Waals surface area contributed by atoms with Gasteiger partial charge in [-0.15, -0.1) is 0 Å². The molecule has 1 saturated carbocycles. The number of hydrogen-bond donors (Lipinski definition) is 0. The fourth-order valence-corrected chi connectivity index (χ4v) is 7.40. The van der Waals surface area contributed by atoms with E-state index in [-0.39, 0.29) is 28.7 Å². The minimum absolute atomic E-state index is 0.0250. The number of hydrogen-bond acceptors (Lipinski definition) is 4. The van der Waals surface area contributed by atoms with Crippen molar-refractivity contribution in [2.45, 2.75) is 69.9 Å². The quantitative estimate of drug-likeness (QED) is 0.753. The lowest BCUT2D eigenvalue weighted by Crippen LogP contribution is -2.65. The van der Waals surface area contributed by atoms with Crippen molar-refractivity contribution in [2.24, 2.45) is 5.41 Å². The monoisotopic (exact) mass is 382 g/mol. The molecule has 150 valence electrons. The smallest absolute Gasteiger partial charge is 0.302 e. The minimum atomic E-state index is -0.187. The van der Waals surface area contributed by atoms with Crippen molar-refractivity contribution >= 4 is 17.6 Å². The predicted octanol–water partition coefficient (Wildman–Crippen LogP) is 3.26. The number of piperidine rings is 1. The first kappa shape index (κ1) is 18.2. The second-order valence-electron chi connectivity index (χ2n) is 9.25. The molecular formula is C23H30N2O3. The number of ether oxygens (including phenoxy) is 1. The molecule has 2 saturated heterocycles. The molecule has 4 aliphatic rings. The summed E-state index contributed by atoms with van der Waals surface area (Å²) in [5, 5.41) is 0. The van der Waals surface area contributed by atoms with Crippen LogP contribution in [0.4, 0.5) is 5.69 Å². The van der Waals surface area contributed by atoms with Crippen LogP contribution >= 0.6 is 0 Å². The summed E-state index contributed by atoms with van der Waals surface area (Å²) < 4.78 is 5.40. The van der Waals surface area contributed by atoms with Crippen LogP contribution in [0.25, 0.3) is 0 Å². The topological polar surface area (TPSA) is 49.9 Å². The van der Waals surface area contributed by atoms with Gasteiger partial charge in [0.15, 0.2) is 0 Å². The number of benzene rings is 1. The van der Waals surface area contributed by atoms with Gasteiger partial charge in [0, 0.05) is 37.0 Å². The van der Waals surface area contributed by atoms with Crippen LogP contribution in [-0.4, -0.2) is 48.6 Å². The first-order valence-corrected chi connectivity index (χ1v) is 10.8. The Morgan fingerprint density at radius 2 is 1.96 bits per heavy atom. The summed E-state index contributed by atoms with van der Waals surface area (Å²) in [6, 6.07) is 9.30. The Bertz CT molecular complexity index is 824. The van der Waals surface area contributed by atoms with Gasteiger partial charge in [0.1, 0.15) is 0 Å². The van der Waals surface area contributed by atoms with Gasteiger partial charge in [0.25, 0.3) is 0 Å². The molecule has 5 nitrogen and oxygen atoms in total. The molecule has 4 unspecified atom stereocenters. The largest absolute Gasteiger partial charge is 0.466 e. The molecule has 5 rings (SSSR count). The molecule has 1 spiro atoms. The Kier molecular flexibility index (Phi) is 4.10. The molecule has 0 bridgehead atoms. The summed E-state index contributed by atoms with van der Waals surface area (Å²) in [4.78, 5) is 28.8. The first-order valence-electron chi connectivity index (χ1n) is 10.8. The summed E-state index contributed by atoms with van der Waals surface area (Å²) in [7, 11) is 0. The van der Waals surface area contributed by atoms with Crippen LogP contribution in [0.3, 0.4) is 0 Å². The second-order valence-corrected chi connectivity index (χ2v) is 9.25. The van der Waals surface area contributed by atoms with Crippen LogP contribution in [-0.2, 0) is 19.7 Å². The van der Waals surface area contributed by atoms with E-state index < -0.39 is 0 Å². The lowest BCUT2D eigenvalue weighted by Gasteiger charge is -2.58. The molecule has 0 radical (unpaired) electrons. The standard InChI is InChI=1S/C23H30N2O3/c1-16(26)25-19-7-4-3-6-18(19)23-11-14-24-13-5-9-22(21(23)24,10-8-20(23)25)12-15-28-17(2)27/h3-4,6-7,20-21H,5,8-15H2,1-2H3. The van der Waals surface area contributed by atoms with Crippen LogP contribution < -0.4 is 4.90 Å². The van der Waals surface area contributed by atoms with Gasteiger partial charge < -0.3 is 9.64 Å². The van der Waals surface area contributed by atoms with E-state index in [1.807, 2.05) is 0 Å². The zero-order valence-corrected chi connectivity index (χ0v) is 16.9. The first-order chi connectivity index (χ1) is 13.5.